The number of hydrogen-bond donors (Lipinski definition) is 3. The SMILES string of the molecule is CCN(C(=O)COc1ccc(C(=O)NCC(CC(N)C(O)CC(C(=O)N(CC)N2CCOCC2)C(C)C)C(C)C)c(OCCCCOC)c1)N1CCOCC1.Cl.Cl.Cl. The van der Waals surface area contributed by atoms with Crippen LogP contribution in [0.1, 0.15) is 77.6 Å². The van der Waals surface area contributed by atoms with Gasteiger partial charge in [0.1, 0.15) is 11.5 Å². The van der Waals surface area contributed by atoms with Crippen LogP contribution >= 0.6 is 37.2 Å². The number of amides is 3. The molecule has 3 amide bonds. The van der Waals surface area contributed by atoms with Crippen LogP contribution in [0.15, 0.2) is 18.2 Å². The molecule has 0 spiro atoms. The van der Waals surface area contributed by atoms with Gasteiger partial charge in [0.2, 0.25) is 5.91 Å². The molecule has 4 atom stereocenters. The predicted octanol–water partition coefficient (Wildman–Crippen LogP) is 4.07. The second-order valence-corrected chi connectivity index (χ2v) is 15.1. The lowest BCUT2D eigenvalue weighted by atomic mass is 9.83. The van der Waals surface area contributed by atoms with Crippen molar-refractivity contribution in [2.24, 2.45) is 29.4 Å². The topological polar surface area (TPSA) is 169 Å². The van der Waals surface area contributed by atoms with E-state index in [2.05, 4.69) is 19.2 Å². The van der Waals surface area contributed by atoms with Crippen LogP contribution in [0.3, 0.4) is 0 Å². The lowest BCUT2D eigenvalue weighted by molar-refractivity contribution is -0.163. The van der Waals surface area contributed by atoms with Crippen molar-refractivity contribution in [3.05, 3.63) is 23.8 Å². The molecule has 15 nitrogen and oxygen atoms in total. The molecule has 2 aliphatic rings. The zero-order chi connectivity index (χ0) is 40.3. The number of carbonyl (C=O) groups is 3. The van der Waals surface area contributed by atoms with Gasteiger partial charge in [-0.15, -0.1) is 37.2 Å². The molecule has 338 valence electrons. The number of aliphatic hydroxyl groups excluding tert-OH is 1. The molecule has 4 N–H and O–H groups in total. The van der Waals surface area contributed by atoms with Crippen molar-refractivity contribution in [1.82, 2.24) is 25.4 Å². The predicted molar refractivity (Wildman–Crippen MR) is 232 cm³/mol. The van der Waals surface area contributed by atoms with Crippen LogP contribution in [0.25, 0.3) is 0 Å². The van der Waals surface area contributed by atoms with E-state index >= 15 is 0 Å². The third-order valence-corrected chi connectivity index (χ3v) is 10.5. The molecule has 4 unspecified atom stereocenters. The highest BCUT2D eigenvalue weighted by Gasteiger charge is 2.34. The standard InChI is InChI=1S/C40H70N6O9.3ClH/c1-8-45(43-14-20-52-21-15-43)38(48)28-55-32-12-13-33(37(25-32)54-19-11-10-18-51-7)39(49)42-27-31(29(3)4)24-35(41)36(47)26-34(30(5)6)40(50)46(9-2)44-16-22-53-23-17-44;;;/h12-13,25,29-31,34-36,47H,8-11,14-24,26-28,41H2,1-7H3,(H,42,49);3*1H. The van der Waals surface area contributed by atoms with Gasteiger partial charge < -0.3 is 39.8 Å². The lowest BCUT2D eigenvalue weighted by Crippen LogP contribution is -2.54. The third kappa shape index (κ3) is 17.8. The van der Waals surface area contributed by atoms with Gasteiger partial charge in [-0.3, -0.25) is 24.4 Å². The number of hydrazine groups is 2. The molecule has 2 fully saturated rings. The number of nitrogens with zero attached hydrogens (tertiary/aromatic N) is 4. The molecule has 0 aliphatic carbocycles. The summed E-state index contributed by atoms with van der Waals surface area (Å²) in [5, 5.41) is 21.9. The Labute approximate surface area is 365 Å². The summed E-state index contributed by atoms with van der Waals surface area (Å²) in [5.74, 6) is 0.0230. The van der Waals surface area contributed by atoms with Gasteiger partial charge in [-0.25, -0.2) is 10.0 Å². The summed E-state index contributed by atoms with van der Waals surface area (Å²) in [5.41, 5.74) is 6.98. The number of morpholine rings is 2. The lowest BCUT2D eigenvalue weighted by Gasteiger charge is -2.39. The highest BCUT2D eigenvalue weighted by atomic mass is 35.5. The second kappa shape index (κ2) is 29.9. The molecule has 58 heavy (non-hydrogen) atoms. The Hall–Kier alpha value is -2.18. The van der Waals surface area contributed by atoms with Crippen LogP contribution in [0, 0.1) is 23.7 Å². The van der Waals surface area contributed by atoms with E-state index in [0.717, 1.165) is 12.8 Å². The van der Waals surface area contributed by atoms with Crippen LogP contribution in [0.2, 0.25) is 0 Å². The minimum absolute atomic E-state index is 0. The number of unbranched alkanes of at least 4 members (excludes halogenated alkanes) is 1. The molecule has 0 bridgehead atoms. The summed E-state index contributed by atoms with van der Waals surface area (Å²) in [6, 6.07) is 4.39. The van der Waals surface area contributed by atoms with Crippen LogP contribution in [-0.4, -0.2) is 154 Å². The minimum Gasteiger partial charge on any atom is -0.493 e. The summed E-state index contributed by atoms with van der Waals surface area (Å²) in [4.78, 5) is 40.5. The summed E-state index contributed by atoms with van der Waals surface area (Å²) in [6.45, 7) is 19.1. The number of carbonyl (C=O) groups excluding carboxylic acids is 3. The van der Waals surface area contributed by atoms with Crippen molar-refractivity contribution < 1.29 is 43.2 Å². The van der Waals surface area contributed by atoms with Gasteiger partial charge in [-0.2, -0.15) is 0 Å². The van der Waals surface area contributed by atoms with E-state index < -0.39 is 18.1 Å². The van der Waals surface area contributed by atoms with Gasteiger partial charge >= 0.3 is 0 Å². The summed E-state index contributed by atoms with van der Waals surface area (Å²) in [6.07, 6.45) is 1.35. The van der Waals surface area contributed by atoms with E-state index in [1.807, 2.05) is 37.7 Å². The fourth-order valence-corrected chi connectivity index (χ4v) is 6.97. The first kappa shape index (κ1) is 55.8. The van der Waals surface area contributed by atoms with E-state index in [1.165, 1.54) is 0 Å². The van der Waals surface area contributed by atoms with E-state index in [-0.39, 0.29) is 85.7 Å². The van der Waals surface area contributed by atoms with Gasteiger partial charge in [-0.1, -0.05) is 27.7 Å². The highest BCUT2D eigenvalue weighted by Crippen LogP contribution is 2.28. The second-order valence-electron chi connectivity index (χ2n) is 15.1. The first-order valence-corrected chi connectivity index (χ1v) is 20.3. The average Bonchev–Trinajstić information content (AvgIpc) is 3.18. The molecule has 2 aliphatic heterocycles. The molecule has 3 rings (SSSR count). The van der Waals surface area contributed by atoms with Crippen molar-refractivity contribution in [2.75, 3.05) is 99.2 Å². The minimum atomic E-state index is -0.896. The number of likely N-dealkylation sites (N-methyl/N-ethyl adjacent to an activating group) is 1. The number of ether oxygens (including phenoxy) is 5. The number of nitrogens with two attached hydrogens (primary N) is 1. The van der Waals surface area contributed by atoms with Crippen molar-refractivity contribution in [2.45, 2.75) is 79.4 Å². The fourth-order valence-electron chi connectivity index (χ4n) is 6.97. The third-order valence-electron chi connectivity index (χ3n) is 10.5. The maximum Gasteiger partial charge on any atom is 0.274 e. The first-order chi connectivity index (χ1) is 26.4. The largest absolute Gasteiger partial charge is 0.493 e. The van der Waals surface area contributed by atoms with E-state index in [0.29, 0.717) is 109 Å². The van der Waals surface area contributed by atoms with Crippen LogP contribution in [0.4, 0.5) is 0 Å². The number of rotatable bonds is 24. The van der Waals surface area contributed by atoms with Gasteiger partial charge in [0.15, 0.2) is 6.61 Å². The van der Waals surface area contributed by atoms with Gasteiger partial charge in [0.25, 0.3) is 11.8 Å². The van der Waals surface area contributed by atoms with Crippen molar-refractivity contribution >= 4 is 54.9 Å². The first-order valence-electron chi connectivity index (χ1n) is 20.3. The number of halogens is 3. The fraction of sp³-hybridized carbons (Fsp3) is 0.775. The zero-order valence-electron chi connectivity index (χ0n) is 35.7. The van der Waals surface area contributed by atoms with E-state index in [1.54, 1.807) is 35.3 Å². The quantitative estimate of drug-likeness (QED) is 0.128. The Bertz CT molecular complexity index is 1310. The normalized spacial score (nSPS) is 16.8. The number of hydrogen-bond acceptors (Lipinski definition) is 12. The molecule has 2 saturated heterocycles. The van der Waals surface area contributed by atoms with Crippen LogP contribution < -0.4 is 20.5 Å². The van der Waals surface area contributed by atoms with Crippen LogP contribution in [0.5, 0.6) is 11.5 Å². The number of nitrogens with one attached hydrogen (secondary N) is 1. The Morgan fingerprint density at radius 1 is 0.845 bits per heavy atom. The maximum absolute atomic E-state index is 13.7. The smallest absolute Gasteiger partial charge is 0.274 e. The molecule has 18 heteroatoms. The van der Waals surface area contributed by atoms with E-state index in [9.17, 15) is 19.5 Å². The number of aliphatic hydroxyl groups is 1. The molecule has 0 aromatic heterocycles. The summed E-state index contributed by atoms with van der Waals surface area (Å²) >= 11 is 0. The molecular weight excluding hydrogens is 815 g/mol. The van der Waals surface area contributed by atoms with Crippen molar-refractivity contribution in [3.8, 4) is 11.5 Å². The molecule has 0 radical (unpaired) electrons. The Balaban J connectivity index is 0.0000108. The van der Waals surface area contributed by atoms with E-state index in [4.69, 9.17) is 29.4 Å². The number of methoxy groups -OCH3 is 1. The Kier molecular flexibility index (Phi) is 28.8. The van der Waals surface area contributed by atoms with Gasteiger partial charge in [0, 0.05) is 77.6 Å². The highest BCUT2D eigenvalue weighted by molar-refractivity contribution is 5.97. The Morgan fingerprint density at radius 2 is 1.41 bits per heavy atom. The summed E-state index contributed by atoms with van der Waals surface area (Å²) < 4.78 is 28.1. The van der Waals surface area contributed by atoms with Crippen molar-refractivity contribution in [3.63, 3.8) is 0 Å². The molecule has 1 aromatic rings. The van der Waals surface area contributed by atoms with Gasteiger partial charge in [-0.05, 0) is 69.4 Å². The zero-order valence-corrected chi connectivity index (χ0v) is 38.2. The van der Waals surface area contributed by atoms with Crippen LogP contribution in [-0.2, 0) is 23.8 Å². The molecule has 0 saturated carbocycles. The molecule has 1 aromatic carbocycles. The molecular formula is C40H73Cl3N6O9. The summed E-state index contributed by atoms with van der Waals surface area (Å²) in [7, 11) is 1.65. The monoisotopic (exact) mass is 886 g/mol. The number of benzene rings is 1. The molecule has 2 heterocycles. The average molecular weight is 888 g/mol. The van der Waals surface area contributed by atoms with Gasteiger partial charge in [0.05, 0.1) is 44.7 Å². The van der Waals surface area contributed by atoms with Crippen molar-refractivity contribution in [1.29, 1.82) is 0 Å². The maximum atomic E-state index is 13.7. The Morgan fingerprint density at radius 3 is 1.95 bits per heavy atom.